The second-order valence-electron chi connectivity index (χ2n) is 3.90. The SMILES string of the molecule is NC(=O)C1(C(=O)Nc2cc(Cl)cc(Cl)c2)CCO1. The lowest BCUT2D eigenvalue weighted by molar-refractivity contribution is -0.179. The van der Waals surface area contributed by atoms with Crippen LogP contribution >= 0.6 is 23.2 Å². The number of carbonyl (C=O) groups is 2. The van der Waals surface area contributed by atoms with Crippen LogP contribution in [0.15, 0.2) is 18.2 Å². The zero-order valence-electron chi connectivity index (χ0n) is 9.20. The number of nitrogens with two attached hydrogens (primary N) is 1. The Morgan fingerprint density at radius 2 is 1.83 bits per heavy atom. The third-order valence-corrected chi connectivity index (χ3v) is 3.12. The molecule has 0 aromatic heterocycles. The fraction of sp³-hybridized carbons (Fsp3) is 0.273. The minimum Gasteiger partial charge on any atom is -0.367 e. The lowest BCUT2D eigenvalue weighted by atomic mass is 9.93. The summed E-state index contributed by atoms with van der Waals surface area (Å²) in [4.78, 5) is 23.2. The van der Waals surface area contributed by atoms with Crippen LogP contribution in [0.5, 0.6) is 0 Å². The first kappa shape index (κ1) is 13.1. The molecule has 0 spiro atoms. The Bertz CT molecular complexity index is 495. The molecule has 1 fully saturated rings. The van der Waals surface area contributed by atoms with Crippen molar-refractivity contribution in [2.45, 2.75) is 12.0 Å². The standard InChI is InChI=1S/C11H10Cl2N2O3/c12-6-3-7(13)5-8(4-6)15-10(17)11(9(14)16)1-2-18-11/h3-5H,1-2H2,(H2,14,16)(H,15,17). The highest BCUT2D eigenvalue weighted by atomic mass is 35.5. The van der Waals surface area contributed by atoms with Crippen molar-refractivity contribution in [3.63, 3.8) is 0 Å². The van der Waals surface area contributed by atoms with Crippen LogP contribution in [0.25, 0.3) is 0 Å². The molecular formula is C11H10Cl2N2O3. The summed E-state index contributed by atoms with van der Waals surface area (Å²) in [5.41, 5.74) is 3.98. The normalized spacial score (nSPS) is 22.1. The number of rotatable bonds is 3. The van der Waals surface area contributed by atoms with Gasteiger partial charge in [0.25, 0.3) is 11.8 Å². The van der Waals surface area contributed by atoms with Gasteiger partial charge in [0, 0.05) is 22.2 Å². The Labute approximate surface area is 113 Å². The quantitative estimate of drug-likeness (QED) is 0.829. The smallest absolute Gasteiger partial charge is 0.266 e. The largest absolute Gasteiger partial charge is 0.367 e. The summed E-state index contributed by atoms with van der Waals surface area (Å²) in [6, 6.07) is 4.56. The van der Waals surface area contributed by atoms with E-state index in [1.807, 2.05) is 0 Å². The fourth-order valence-electron chi connectivity index (χ4n) is 1.65. The fourth-order valence-corrected chi connectivity index (χ4v) is 2.18. The number of primary amides is 1. The number of ether oxygens (including phenoxy) is 1. The molecule has 18 heavy (non-hydrogen) atoms. The first-order valence-corrected chi connectivity index (χ1v) is 5.91. The number of nitrogens with one attached hydrogen (secondary N) is 1. The van der Waals surface area contributed by atoms with Crippen molar-refractivity contribution in [3.05, 3.63) is 28.2 Å². The van der Waals surface area contributed by atoms with Crippen LogP contribution < -0.4 is 11.1 Å². The molecule has 1 aliphatic heterocycles. The van der Waals surface area contributed by atoms with Crippen LogP contribution in [0.4, 0.5) is 5.69 Å². The van der Waals surface area contributed by atoms with Crippen LogP contribution in [0.3, 0.4) is 0 Å². The van der Waals surface area contributed by atoms with Gasteiger partial charge < -0.3 is 15.8 Å². The number of hydrogen-bond acceptors (Lipinski definition) is 3. The first-order chi connectivity index (χ1) is 8.44. The van der Waals surface area contributed by atoms with E-state index in [0.717, 1.165) is 0 Å². The highest BCUT2D eigenvalue weighted by molar-refractivity contribution is 6.35. The van der Waals surface area contributed by atoms with Gasteiger partial charge in [0.05, 0.1) is 6.61 Å². The molecule has 1 aliphatic rings. The van der Waals surface area contributed by atoms with Crippen molar-refractivity contribution in [2.75, 3.05) is 11.9 Å². The molecule has 1 saturated heterocycles. The average molecular weight is 289 g/mol. The van der Waals surface area contributed by atoms with E-state index in [4.69, 9.17) is 33.7 Å². The van der Waals surface area contributed by atoms with E-state index in [9.17, 15) is 9.59 Å². The van der Waals surface area contributed by atoms with Crippen molar-refractivity contribution in [1.29, 1.82) is 0 Å². The highest BCUT2D eigenvalue weighted by Crippen LogP contribution is 2.29. The molecule has 0 saturated carbocycles. The molecule has 1 unspecified atom stereocenters. The molecule has 5 nitrogen and oxygen atoms in total. The molecule has 96 valence electrons. The molecule has 1 aromatic carbocycles. The lowest BCUT2D eigenvalue weighted by Crippen LogP contribution is -2.61. The van der Waals surface area contributed by atoms with Crippen molar-refractivity contribution in [3.8, 4) is 0 Å². The van der Waals surface area contributed by atoms with Gasteiger partial charge in [-0.2, -0.15) is 0 Å². The Hall–Kier alpha value is -1.30. The van der Waals surface area contributed by atoms with Crippen LogP contribution in [-0.2, 0) is 14.3 Å². The minimum absolute atomic E-state index is 0.266. The van der Waals surface area contributed by atoms with E-state index < -0.39 is 17.4 Å². The molecule has 1 aromatic rings. The molecule has 0 radical (unpaired) electrons. The van der Waals surface area contributed by atoms with E-state index in [1.165, 1.54) is 18.2 Å². The topological polar surface area (TPSA) is 81.4 Å². The van der Waals surface area contributed by atoms with Gasteiger partial charge in [-0.15, -0.1) is 0 Å². The highest BCUT2D eigenvalue weighted by Gasteiger charge is 2.51. The van der Waals surface area contributed by atoms with E-state index in [0.29, 0.717) is 22.3 Å². The maximum absolute atomic E-state index is 12.0. The summed E-state index contributed by atoms with van der Waals surface area (Å²) in [5.74, 6) is -1.42. The van der Waals surface area contributed by atoms with Crippen LogP contribution in [0.2, 0.25) is 10.0 Å². The number of carbonyl (C=O) groups excluding carboxylic acids is 2. The van der Waals surface area contributed by atoms with Gasteiger partial charge in [-0.1, -0.05) is 23.2 Å². The molecule has 1 atom stereocenters. The summed E-state index contributed by atoms with van der Waals surface area (Å²) in [6.07, 6.45) is 0.266. The molecule has 3 N–H and O–H groups in total. The van der Waals surface area contributed by atoms with E-state index in [2.05, 4.69) is 5.32 Å². The molecule has 1 heterocycles. The van der Waals surface area contributed by atoms with Gasteiger partial charge in [-0.25, -0.2) is 0 Å². The van der Waals surface area contributed by atoms with Crippen LogP contribution in [-0.4, -0.2) is 24.0 Å². The third kappa shape index (κ3) is 2.29. The van der Waals surface area contributed by atoms with Crippen molar-refractivity contribution in [1.82, 2.24) is 0 Å². The lowest BCUT2D eigenvalue weighted by Gasteiger charge is -2.36. The Balaban J connectivity index is 2.18. The van der Waals surface area contributed by atoms with Crippen LogP contribution in [0.1, 0.15) is 6.42 Å². The second kappa shape index (κ2) is 4.76. The summed E-state index contributed by atoms with van der Waals surface area (Å²) < 4.78 is 5.02. The number of hydrogen-bond donors (Lipinski definition) is 2. The van der Waals surface area contributed by atoms with Gasteiger partial charge in [0.15, 0.2) is 0 Å². The molecular weight excluding hydrogens is 279 g/mol. The molecule has 0 aliphatic carbocycles. The summed E-state index contributed by atoms with van der Waals surface area (Å²) in [5, 5.41) is 3.26. The summed E-state index contributed by atoms with van der Waals surface area (Å²) in [6.45, 7) is 0.326. The van der Waals surface area contributed by atoms with Crippen LogP contribution in [0, 0.1) is 0 Å². The first-order valence-electron chi connectivity index (χ1n) is 5.15. The van der Waals surface area contributed by atoms with Crippen molar-refractivity contribution in [2.24, 2.45) is 5.73 Å². The zero-order chi connectivity index (χ0) is 13.3. The molecule has 2 rings (SSSR count). The van der Waals surface area contributed by atoms with Crippen molar-refractivity contribution < 1.29 is 14.3 Å². The van der Waals surface area contributed by atoms with Gasteiger partial charge in [0.2, 0.25) is 5.60 Å². The van der Waals surface area contributed by atoms with E-state index >= 15 is 0 Å². The second-order valence-corrected chi connectivity index (χ2v) is 4.77. The zero-order valence-corrected chi connectivity index (χ0v) is 10.7. The predicted molar refractivity (Wildman–Crippen MR) is 67.6 cm³/mol. The van der Waals surface area contributed by atoms with Gasteiger partial charge in [0.1, 0.15) is 0 Å². The predicted octanol–water partition coefficient (Wildman–Crippen LogP) is 1.58. The molecule has 7 heteroatoms. The Morgan fingerprint density at radius 3 is 2.22 bits per heavy atom. The van der Waals surface area contributed by atoms with Crippen molar-refractivity contribution >= 4 is 40.7 Å². The number of halogens is 2. The monoisotopic (exact) mass is 288 g/mol. The van der Waals surface area contributed by atoms with Gasteiger partial charge in [-0.05, 0) is 18.2 Å². The average Bonchev–Trinajstić information content (AvgIpc) is 2.11. The Kier molecular flexibility index (Phi) is 3.47. The van der Waals surface area contributed by atoms with Gasteiger partial charge >= 0.3 is 0 Å². The number of anilines is 1. The number of amides is 2. The minimum atomic E-state index is -1.57. The van der Waals surface area contributed by atoms with E-state index in [1.54, 1.807) is 0 Å². The third-order valence-electron chi connectivity index (χ3n) is 2.69. The number of benzene rings is 1. The maximum atomic E-state index is 12.0. The summed E-state index contributed by atoms with van der Waals surface area (Å²) in [7, 11) is 0. The molecule has 0 bridgehead atoms. The molecule has 2 amide bonds. The maximum Gasteiger partial charge on any atom is 0.266 e. The Morgan fingerprint density at radius 1 is 1.28 bits per heavy atom. The summed E-state index contributed by atoms with van der Waals surface area (Å²) >= 11 is 11.6. The van der Waals surface area contributed by atoms with E-state index in [-0.39, 0.29) is 6.42 Å². The van der Waals surface area contributed by atoms with Gasteiger partial charge in [-0.3, -0.25) is 9.59 Å².